The van der Waals surface area contributed by atoms with Crippen LogP contribution >= 0.6 is 0 Å². The van der Waals surface area contributed by atoms with Crippen LogP contribution in [-0.2, 0) is 30.8 Å². The van der Waals surface area contributed by atoms with E-state index in [1.54, 1.807) is 19.1 Å². The highest BCUT2D eigenvalue weighted by Gasteiger charge is 2.17. The first kappa shape index (κ1) is 21.6. The highest BCUT2D eigenvalue weighted by Crippen LogP contribution is 2.14. The zero-order valence-electron chi connectivity index (χ0n) is 16.1. The Morgan fingerprint density at radius 2 is 1.79 bits per heavy atom. The van der Waals surface area contributed by atoms with E-state index in [0.29, 0.717) is 5.69 Å². The van der Waals surface area contributed by atoms with E-state index in [1.165, 1.54) is 12.1 Å². The molecule has 28 heavy (non-hydrogen) atoms. The van der Waals surface area contributed by atoms with Gasteiger partial charge in [-0.3, -0.25) is 9.59 Å². The fourth-order valence-electron chi connectivity index (χ4n) is 2.38. The lowest BCUT2D eigenvalue weighted by atomic mass is 10.1. The van der Waals surface area contributed by atoms with Crippen LogP contribution in [0.15, 0.2) is 47.4 Å². The molecule has 150 valence electrons. The predicted molar refractivity (Wildman–Crippen MR) is 107 cm³/mol. The van der Waals surface area contributed by atoms with Crippen LogP contribution < -0.4 is 10.0 Å². The molecule has 0 heterocycles. The van der Waals surface area contributed by atoms with E-state index < -0.39 is 35.1 Å². The molecule has 2 aromatic rings. The summed E-state index contributed by atoms with van der Waals surface area (Å²) in [7, 11) is -3.84. The van der Waals surface area contributed by atoms with Gasteiger partial charge in [0.15, 0.2) is 6.61 Å². The minimum Gasteiger partial charge on any atom is -0.455 e. The van der Waals surface area contributed by atoms with Crippen LogP contribution in [0.2, 0.25) is 0 Å². The fraction of sp³-hybridized carbons (Fsp3) is 0.300. The SMILES string of the molecule is CCc1cccc(NC(=O)COC(=O)CNS(=O)(=O)c2ccc(C)c(C)c2)c1. The smallest absolute Gasteiger partial charge is 0.321 e. The van der Waals surface area contributed by atoms with E-state index in [9.17, 15) is 18.0 Å². The third-order valence-corrected chi connectivity index (χ3v) is 5.58. The van der Waals surface area contributed by atoms with Crippen LogP contribution in [-0.4, -0.2) is 33.4 Å². The molecule has 0 aliphatic rings. The van der Waals surface area contributed by atoms with Crippen molar-refractivity contribution >= 4 is 27.6 Å². The molecule has 0 spiro atoms. The summed E-state index contributed by atoms with van der Waals surface area (Å²) >= 11 is 0. The van der Waals surface area contributed by atoms with Crippen molar-refractivity contribution in [3.63, 3.8) is 0 Å². The second-order valence-electron chi connectivity index (χ2n) is 6.33. The van der Waals surface area contributed by atoms with Gasteiger partial charge in [-0.15, -0.1) is 0 Å². The third kappa shape index (κ3) is 6.17. The first-order valence-corrected chi connectivity index (χ1v) is 10.3. The highest BCUT2D eigenvalue weighted by molar-refractivity contribution is 7.89. The molecule has 0 aromatic heterocycles. The lowest BCUT2D eigenvalue weighted by Gasteiger charge is -2.09. The number of anilines is 1. The number of amides is 1. The van der Waals surface area contributed by atoms with Crippen molar-refractivity contribution in [1.29, 1.82) is 0 Å². The van der Waals surface area contributed by atoms with Crippen LogP contribution in [0.3, 0.4) is 0 Å². The fourth-order valence-corrected chi connectivity index (χ4v) is 3.44. The minimum absolute atomic E-state index is 0.0666. The van der Waals surface area contributed by atoms with Crippen molar-refractivity contribution in [2.75, 3.05) is 18.5 Å². The van der Waals surface area contributed by atoms with Gasteiger partial charge in [0.25, 0.3) is 5.91 Å². The summed E-state index contributed by atoms with van der Waals surface area (Å²) < 4.78 is 31.5. The number of carbonyl (C=O) groups excluding carboxylic acids is 2. The van der Waals surface area contributed by atoms with Crippen molar-refractivity contribution in [3.05, 3.63) is 59.2 Å². The van der Waals surface area contributed by atoms with Crippen molar-refractivity contribution in [1.82, 2.24) is 4.72 Å². The number of nitrogens with one attached hydrogen (secondary N) is 2. The largest absolute Gasteiger partial charge is 0.455 e. The van der Waals surface area contributed by atoms with Crippen molar-refractivity contribution in [2.24, 2.45) is 0 Å². The average Bonchev–Trinajstić information content (AvgIpc) is 2.67. The van der Waals surface area contributed by atoms with Crippen LogP contribution in [0.4, 0.5) is 5.69 Å². The van der Waals surface area contributed by atoms with Gasteiger partial charge < -0.3 is 10.1 Å². The summed E-state index contributed by atoms with van der Waals surface area (Å²) in [5.74, 6) is -1.34. The van der Waals surface area contributed by atoms with Crippen molar-refractivity contribution < 1.29 is 22.7 Å². The molecule has 2 N–H and O–H groups in total. The lowest BCUT2D eigenvalue weighted by molar-refractivity contribution is -0.146. The third-order valence-electron chi connectivity index (χ3n) is 4.18. The van der Waals surface area contributed by atoms with Gasteiger partial charge >= 0.3 is 5.97 Å². The molecule has 0 radical (unpaired) electrons. The maximum absolute atomic E-state index is 12.2. The molecule has 0 atom stereocenters. The lowest BCUT2D eigenvalue weighted by Crippen LogP contribution is -2.32. The van der Waals surface area contributed by atoms with Crippen LogP contribution in [0.5, 0.6) is 0 Å². The number of ether oxygens (including phenoxy) is 1. The van der Waals surface area contributed by atoms with Crippen LogP contribution in [0, 0.1) is 13.8 Å². The monoisotopic (exact) mass is 404 g/mol. The zero-order valence-corrected chi connectivity index (χ0v) is 16.9. The van der Waals surface area contributed by atoms with E-state index in [4.69, 9.17) is 4.74 Å². The number of sulfonamides is 1. The van der Waals surface area contributed by atoms with Crippen LogP contribution in [0.25, 0.3) is 0 Å². The average molecular weight is 404 g/mol. The molecule has 8 heteroatoms. The molecule has 0 saturated heterocycles. The Hall–Kier alpha value is -2.71. The number of benzene rings is 2. The Kier molecular flexibility index (Phi) is 7.31. The molecule has 0 unspecified atom stereocenters. The first-order chi connectivity index (χ1) is 13.2. The Morgan fingerprint density at radius 1 is 1.04 bits per heavy atom. The van der Waals surface area contributed by atoms with E-state index in [-0.39, 0.29) is 4.90 Å². The van der Waals surface area contributed by atoms with Gasteiger partial charge in [0, 0.05) is 5.69 Å². The van der Waals surface area contributed by atoms with Gasteiger partial charge in [0.1, 0.15) is 6.54 Å². The number of aryl methyl sites for hydroxylation is 3. The summed E-state index contributed by atoms with van der Waals surface area (Å²) in [5, 5.41) is 2.63. The summed E-state index contributed by atoms with van der Waals surface area (Å²) in [6, 6.07) is 12.0. The number of esters is 1. The maximum atomic E-state index is 12.2. The molecule has 0 bridgehead atoms. The van der Waals surface area contributed by atoms with E-state index in [0.717, 1.165) is 23.1 Å². The molecule has 0 saturated carbocycles. The summed E-state index contributed by atoms with van der Waals surface area (Å²) in [6.45, 7) is 4.62. The summed E-state index contributed by atoms with van der Waals surface area (Å²) in [4.78, 5) is 23.7. The highest BCUT2D eigenvalue weighted by atomic mass is 32.2. The molecule has 0 aliphatic carbocycles. The van der Waals surface area contributed by atoms with E-state index in [2.05, 4.69) is 10.0 Å². The van der Waals surface area contributed by atoms with Gasteiger partial charge in [-0.1, -0.05) is 25.1 Å². The topological polar surface area (TPSA) is 102 Å². The van der Waals surface area contributed by atoms with Gasteiger partial charge in [-0.05, 0) is 61.2 Å². The second-order valence-corrected chi connectivity index (χ2v) is 8.10. The van der Waals surface area contributed by atoms with Gasteiger partial charge in [-0.25, -0.2) is 8.42 Å². The van der Waals surface area contributed by atoms with Gasteiger partial charge in [0.2, 0.25) is 10.0 Å². The Balaban J connectivity index is 1.83. The Labute approximate surface area is 165 Å². The van der Waals surface area contributed by atoms with Crippen molar-refractivity contribution in [3.8, 4) is 0 Å². The molecular formula is C20H24N2O5S. The van der Waals surface area contributed by atoms with Crippen molar-refractivity contribution in [2.45, 2.75) is 32.1 Å². The maximum Gasteiger partial charge on any atom is 0.321 e. The molecule has 1 amide bonds. The standard InChI is InChI=1S/C20H24N2O5S/c1-4-16-6-5-7-17(11-16)22-19(23)13-27-20(24)12-21-28(25,26)18-9-8-14(2)15(3)10-18/h5-11,21H,4,12-13H2,1-3H3,(H,22,23). The molecule has 0 fully saturated rings. The molecule has 2 aromatic carbocycles. The van der Waals surface area contributed by atoms with E-state index >= 15 is 0 Å². The number of rotatable bonds is 8. The second kappa shape index (κ2) is 9.48. The molecular weight excluding hydrogens is 380 g/mol. The minimum atomic E-state index is -3.84. The first-order valence-electron chi connectivity index (χ1n) is 8.82. The quantitative estimate of drug-likeness (QED) is 0.658. The van der Waals surface area contributed by atoms with Gasteiger partial charge in [0.05, 0.1) is 4.90 Å². The number of hydrogen-bond donors (Lipinski definition) is 2. The van der Waals surface area contributed by atoms with Crippen LogP contribution in [0.1, 0.15) is 23.6 Å². The number of carbonyl (C=O) groups is 2. The van der Waals surface area contributed by atoms with E-state index in [1.807, 2.05) is 32.0 Å². The molecule has 2 rings (SSSR count). The van der Waals surface area contributed by atoms with Gasteiger partial charge in [-0.2, -0.15) is 4.72 Å². The molecule has 7 nitrogen and oxygen atoms in total. The zero-order chi connectivity index (χ0) is 20.7. The summed E-state index contributed by atoms with van der Waals surface area (Å²) in [5.41, 5.74) is 3.47. The normalized spacial score (nSPS) is 11.1. The molecule has 0 aliphatic heterocycles. The number of hydrogen-bond acceptors (Lipinski definition) is 5. The Morgan fingerprint density at radius 3 is 2.46 bits per heavy atom. The Bertz CT molecular complexity index is 970. The predicted octanol–water partition coefficient (Wildman–Crippen LogP) is 2.33. The summed E-state index contributed by atoms with van der Waals surface area (Å²) in [6.07, 6.45) is 0.833.